The van der Waals surface area contributed by atoms with E-state index in [2.05, 4.69) is 10.3 Å². The first-order valence-corrected chi connectivity index (χ1v) is 9.95. The van der Waals surface area contributed by atoms with Crippen LogP contribution in [0.5, 0.6) is 5.75 Å². The van der Waals surface area contributed by atoms with E-state index in [9.17, 15) is 13.6 Å². The molecule has 0 fully saturated rings. The molecule has 3 aromatic carbocycles. The van der Waals surface area contributed by atoms with Crippen molar-refractivity contribution in [1.82, 2.24) is 4.98 Å². The maximum absolute atomic E-state index is 13.0. The van der Waals surface area contributed by atoms with Gasteiger partial charge in [0.05, 0.1) is 0 Å². The Morgan fingerprint density at radius 3 is 2.20 bits per heavy atom. The van der Waals surface area contributed by atoms with Crippen molar-refractivity contribution in [2.45, 2.75) is 6.61 Å². The van der Waals surface area contributed by atoms with Gasteiger partial charge in [0.25, 0.3) is 5.91 Å². The molecule has 0 spiro atoms. The van der Waals surface area contributed by atoms with Crippen LogP contribution in [0.25, 0.3) is 10.6 Å². The van der Waals surface area contributed by atoms with Crippen molar-refractivity contribution >= 4 is 22.9 Å². The summed E-state index contributed by atoms with van der Waals surface area (Å²) in [6.07, 6.45) is 0. The van der Waals surface area contributed by atoms with E-state index in [1.165, 1.54) is 47.7 Å². The highest BCUT2D eigenvalue weighted by atomic mass is 32.1. The summed E-state index contributed by atoms with van der Waals surface area (Å²) in [5, 5.41) is 5.06. The highest BCUT2D eigenvalue weighted by molar-refractivity contribution is 7.13. The number of carbonyl (C=O) groups is 1. The molecule has 4 rings (SSSR count). The number of ether oxygens (including phenoxy) is 1. The van der Waals surface area contributed by atoms with Crippen molar-refractivity contribution in [2.75, 3.05) is 5.32 Å². The van der Waals surface area contributed by atoms with E-state index in [-0.39, 0.29) is 23.2 Å². The van der Waals surface area contributed by atoms with Crippen LogP contribution in [0.2, 0.25) is 0 Å². The molecule has 30 heavy (non-hydrogen) atoms. The van der Waals surface area contributed by atoms with Crippen LogP contribution in [-0.4, -0.2) is 10.9 Å². The standard InChI is InChI=1S/C23H16F2N2O2S/c24-17-5-1-15(2-6-17)13-29-20-11-3-16(4-12-20)23-27-21(14-30-23)22(28)26-19-9-7-18(25)8-10-19/h1-12,14H,13H2,(H,26,28). The zero-order chi connectivity index (χ0) is 20.9. The van der Waals surface area contributed by atoms with Crippen LogP contribution in [0.1, 0.15) is 16.1 Å². The van der Waals surface area contributed by atoms with Crippen molar-refractivity contribution in [1.29, 1.82) is 0 Å². The summed E-state index contributed by atoms with van der Waals surface area (Å²) in [4.78, 5) is 16.7. The minimum atomic E-state index is -0.367. The second-order valence-corrected chi connectivity index (χ2v) is 7.30. The van der Waals surface area contributed by atoms with E-state index in [0.717, 1.165) is 11.1 Å². The van der Waals surface area contributed by atoms with Crippen molar-refractivity contribution in [3.05, 3.63) is 101 Å². The van der Waals surface area contributed by atoms with Crippen molar-refractivity contribution in [3.63, 3.8) is 0 Å². The predicted molar refractivity (Wildman–Crippen MR) is 113 cm³/mol. The number of carbonyl (C=O) groups excluding carboxylic acids is 1. The molecular weight excluding hydrogens is 406 g/mol. The number of amides is 1. The minimum Gasteiger partial charge on any atom is -0.489 e. The molecule has 0 saturated heterocycles. The van der Waals surface area contributed by atoms with Crippen molar-refractivity contribution in [3.8, 4) is 16.3 Å². The Hall–Kier alpha value is -3.58. The topological polar surface area (TPSA) is 51.2 Å². The molecule has 0 atom stereocenters. The van der Waals surface area contributed by atoms with E-state index >= 15 is 0 Å². The van der Waals surface area contributed by atoms with Crippen molar-refractivity contribution < 1.29 is 18.3 Å². The third-order valence-corrected chi connectivity index (χ3v) is 5.15. The molecule has 0 radical (unpaired) electrons. The summed E-state index contributed by atoms with van der Waals surface area (Å²) in [6, 6.07) is 19.1. The lowest BCUT2D eigenvalue weighted by Gasteiger charge is -2.07. The normalized spacial score (nSPS) is 10.6. The molecule has 1 aromatic heterocycles. The van der Waals surface area contributed by atoms with Gasteiger partial charge in [-0.1, -0.05) is 12.1 Å². The summed E-state index contributed by atoms with van der Waals surface area (Å²) in [7, 11) is 0. The van der Waals surface area contributed by atoms with Gasteiger partial charge in [-0.15, -0.1) is 11.3 Å². The Balaban J connectivity index is 1.38. The zero-order valence-corrected chi connectivity index (χ0v) is 16.5. The maximum atomic E-state index is 13.0. The maximum Gasteiger partial charge on any atom is 0.275 e. The van der Waals surface area contributed by atoms with Gasteiger partial charge in [0.15, 0.2) is 0 Å². The number of thiazole rings is 1. The number of benzene rings is 3. The summed E-state index contributed by atoms with van der Waals surface area (Å²) >= 11 is 1.35. The SMILES string of the molecule is O=C(Nc1ccc(F)cc1)c1csc(-c2ccc(OCc3ccc(F)cc3)cc2)n1. The Morgan fingerprint density at radius 1 is 0.900 bits per heavy atom. The lowest BCUT2D eigenvalue weighted by molar-refractivity contribution is 0.102. The number of nitrogens with one attached hydrogen (secondary N) is 1. The quantitative estimate of drug-likeness (QED) is 0.420. The molecule has 1 N–H and O–H groups in total. The van der Waals surface area contributed by atoms with Crippen LogP contribution in [0.15, 0.2) is 78.2 Å². The van der Waals surface area contributed by atoms with Crippen LogP contribution in [0, 0.1) is 11.6 Å². The van der Waals surface area contributed by atoms with Gasteiger partial charge in [0, 0.05) is 16.6 Å². The van der Waals surface area contributed by atoms with Gasteiger partial charge in [-0.3, -0.25) is 4.79 Å². The fourth-order valence-electron chi connectivity index (χ4n) is 2.68. The Bertz CT molecular complexity index is 1140. The predicted octanol–water partition coefficient (Wildman–Crippen LogP) is 5.92. The Labute approximate surface area is 175 Å². The molecule has 1 heterocycles. The van der Waals surface area contributed by atoms with E-state index in [0.29, 0.717) is 23.1 Å². The molecule has 150 valence electrons. The molecular formula is C23H16F2N2O2S. The van der Waals surface area contributed by atoms with Crippen LogP contribution in [-0.2, 0) is 6.61 Å². The highest BCUT2D eigenvalue weighted by Crippen LogP contribution is 2.26. The first-order valence-electron chi connectivity index (χ1n) is 9.07. The lowest BCUT2D eigenvalue weighted by atomic mass is 10.2. The molecule has 7 heteroatoms. The largest absolute Gasteiger partial charge is 0.489 e. The molecule has 0 aliphatic carbocycles. The fourth-order valence-corrected chi connectivity index (χ4v) is 3.49. The highest BCUT2D eigenvalue weighted by Gasteiger charge is 2.12. The number of nitrogens with zero attached hydrogens (tertiary/aromatic N) is 1. The molecule has 0 saturated carbocycles. The summed E-state index contributed by atoms with van der Waals surface area (Å²) in [5.74, 6) is -0.330. The summed E-state index contributed by atoms with van der Waals surface area (Å²) in [6.45, 7) is 0.338. The second kappa shape index (κ2) is 8.84. The zero-order valence-electron chi connectivity index (χ0n) is 15.6. The first kappa shape index (κ1) is 19.7. The first-order chi connectivity index (χ1) is 14.6. The molecule has 0 aliphatic rings. The van der Waals surface area contributed by atoms with Gasteiger partial charge in [-0.05, 0) is 66.2 Å². The van der Waals surface area contributed by atoms with Crippen LogP contribution >= 0.6 is 11.3 Å². The molecule has 0 unspecified atom stereocenters. The number of halogens is 2. The van der Waals surface area contributed by atoms with Gasteiger partial charge in [-0.2, -0.15) is 0 Å². The summed E-state index contributed by atoms with van der Waals surface area (Å²) < 4.78 is 31.6. The number of anilines is 1. The average Bonchev–Trinajstić information content (AvgIpc) is 3.26. The number of aromatic nitrogens is 1. The number of hydrogen-bond donors (Lipinski definition) is 1. The Morgan fingerprint density at radius 2 is 1.53 bits per heavy atom. The van der Waals surface area contributed by atoms with E-state index < -0.39 is 0 Å². The molecule has 4 nitrogen and oxygen atoms in total. The van der Waals surface area contributed by atoms with Gasteiger partial charge in [0.1, 0.15) is 34.7 Å². The minimum absolute atomic E-state index is 0.280. The monoisotopic (exact) mass is 422 g/mol. The molecule has 0 aliphatic heterocycles. The van der Waals surface area contributed by atoms with Gasteiger partial charge in [-0.25, -0.2) is 13.8 Å². The van der Waals surface area contributed by atoms with E-state index in [1.807, 2.05) is 24.3 Å². The molecule has 4 aromatic rings. The lowest BCUT2D eigenvalue weighted by Crippen LogP contribution is -2.12. The smallest absolute Gasteiger partial charge is 0.275 e. The fraction of sp³-hybridized carbons (Fsp3) is 0.0435. The summed E-state index contributed by atoms with van der Waals surface area (Å²) in [5.41, 5.74) is 2.52. The van der Waals surface area contributed by atoms with Gasteiger partial charge >= 0.3 is 0 Å². The van der Waals surface area contributed by atoms with Gasteiger partial charge < -0.3 is 10.1 Å². The Kier molecular flexibility index (Phi) is 5.81. The van der Waals surface area contributed by atoms with E-state index in [4.69, 9.17) is 4.74 Å². The molecule has 1 amide bonds. The molecule has 0 bridgehead atoms. The van der Waals surface area contributed by atoms with Crippen LogP contribution < -0.4 is 10.1 Å². The van der Waals surface area contributed by atoms with E-state index in [1.54, 1.807) is 17.5 Å². The average molecular weight is 422 g/mol. The number of rotatable bonds is 6. The third kappa shape index (κ3) is 4.87. The van der Waals surface area contributed by atoms with Crippen molar-refractivity contribution in [2.24, 2.45) is 0 Å². The number of hydrogen-bond acceptors (Lipinski definition) is 4. The van der Waals surface area contributed by atoms with Crippen LogP contribution in [0.3, 0.4) is 0 Å². The third-order valence-electron chi connectivity index (χ3n) is 4.26. The van der Waals surface area contributed by atoms with Crippen LogP contribution in [0.4, 0.5) is 14.5 Å². The van der Waals surface area contributed by atoms with Gasteiger partial charge in [0.2, 0.25) is 0 Å². The second-order valence-electron chi connectivity index (χ2n) is 6.44.